The Bertz CT molecular complexity index is 3510. The van der Waals surface area contributed by atoms with E-state index in [-0.39, 0.29) is 56.9 Å². The number of nitrogens with one attached hydrogen (secondary N) is 15. The lowest BCUT2D eigenvalue weighted by molar-refractivity contribution is -0.144. The number of likely N-dealkylation sites (tertiary alicyclic amines) is 1. The number of aliphatic carboxylic acids is 2. The summed E-state index contributed by atoms with van der Waals surface area (Å²) in [5.41, 5.74) is 7.02. The fourth-order valence-electron chi connectivity index (χ4n) is 11.0. The van der Waals surface area contributed by atoms with Crippen molar-refractivity contribution in [2.75, 3.05) is 57.6 Å². The number of nitrogens with zero attached hydrogens (tertiary/aromatic N) is 2. The van der Waals surface area contributed by atoms with Crippen molar-refractivity contribution in [2.24, 2.45) is 23.5 Å². The third kappa shape index (κ3) is 32.4. The van der Waals surface area contributed by atoms with Gasteiger partial charge in [-0.3, -0.25) is 76.7 Å². The van der Waals surface area contributed by atoms with E-state index in [1.165, 1.54) is 19.4 Å². The number of hydrogen-bond acceptors (Lipinski definition) is 25. The molecule has 15 amide bonds. The zero-order chi connectivity index (χ0) is 83.4. The molecule has 1 aromatic heterocycles. The highest BCUT2D eigenvalue weighted by atomic mass is 32.1. The maximum absolute atomic E-state index is 14.2. The molecule has 0 aliphatic carbocycles. The van der Waals surface area contributed by atoms with Crippen molar-refractivity contribution in [3.8, 4) is 0 Å². The van der Waals surface area contributed by atoms with Crippen LogP contribution in [0.25, 0.3) is 0 Å². The van der Waals surface area contributed by atoms with Crippen molar-refractivity contribution in [1.82, 2.24) is 89.3 Å². The Balaban J connectivity index is 1.65. The summed E-state index contributed by atoms with van der Waals surface area (Å²) in [5, 5.41) is 92.8. The third-order valence-electron chi connectivity index (χ3n) is 17.3. The summed E-state index contributed by atoms with van der Waals surface area (Å²) in [4.78, 5) is 234. The first-order chi connectivity index (χ1) is 52.4. The van der Waals surface area contributed by atoms with Gasteiger partial charge in [0.2, 0.25) is 88.6 Å². The van der Waals surface area contributed by atoms with E-state index in [9.17, 15) is 112 Å². The van der Waals surface area contributed by atoms with Gasteiger partial charge in [0.25, 0.3) is 0 Å². The molecule has 3 rings (SSSR count). The predicted molar refractivity (Wildman–Crippen MR) is 399 cm³/mol. The summed E-state index contributed by atoms with van der Waals surface area (Å²) in [7, 11) is 0. The van der Waals surface area contributed by atoms with E-state index in [4.69, 9.17) is 5.73 Å². The number of aliphatic hydroxyl groups is 4. The molecule has 2 heterocycles. The molecular weight excluding hydrogens is 1500 g/mol. The molecule has 618 valence electrons. The van der Waals surface area contributed by atoms with Crippen LogP contribution in [-0.4, -0.2) is 288 Å². The van der Waals surface area contributed by atoms with Crippen LogP contribution >= 0.6 is 25.3 Å². The number of amides is 15. The molecule has 111 heavy (non-hydrogen) atoms. The fraction of sp³-hybridized carbons (Fsp3) is 0.618. The first-order valence-corrected chi connectivity index (χ1v) is 37.1. The Morgan fingerprint density at radius 1 is 0.523 bits per heavy atom. The summed E-state index contributed by atoms with van der Waals surface area (Å²) in [6, 6.07) is -12.7. The number of carbonyl (C=O) groups excluding carboxylic acids is 15. The number of rotatable bonds is 49. The van der Waals surface area contributed by atoms with Crippen molar-refractivity contribution in [3.63, 3.8) is 0 Å². The van der Waals surface area contributed by atoms with Crippen LogP contribution in [0.4, 0.5) is 0 Å². The minimum absolute atomic E-state index is 0.0171. The van der Waals surface area contributed by atoms with Gasteiger partial charge in [-0.15, -0.1) is 0 Å². The molecule has 0 spiro atoms. The second-order valence-electron chi connectivity index (χ2n) is 27.2. The second-order valence-corrected chi connectivity index (χ2v) is 27.9. The number of carboxylic acid groups (broad SMARTS) is 2. The van der Waals surface area contributed by atoms with Crippen molar-refractivity contribution in [3.05, 3.63) is 54.1 Å². The largest absolute Gasteiger partial charge is 0.481 e. The van der Waals surface area contributed by atoms with E-state index in [0.29, 0.717) is 12.1 Å². The Labute approximate surface area is 650 Å². The molecule has 1 saturated heterocycles. The summed E-state index contributed by atoms with van der Waals surface area (Å²) in [6.07, 6.45) is 1.59. The Morgan fingerprint density at radius 3 is 1.45 bits per heavy atom. The maximum Gasteiger partial charge on any atom is 0.326 e. The van der Waals surface area contributed by atoms with Crippen LogP contribution < -0.4 is 80.2 Å². The molecule has 1 aliphatic heterocycles. The molecule has 1 aromatic carbocycles. The molecular formula is C68H106N18O23S2. The quantitative estimate of drug-likeness (QED) is 0.0274. The number of hydrogen-bond donors (Lipinski definition) is 24. The molecule has 0 bridgehead atoms. The van der Waals surface area contributed by atoms with Crippen LogP contribution in [0.5, 0.6) is 0 Å². The van der Waals surface area contributed by atoms with Gasteiger partial charge in [-0.05, 0) is 68.8 Å². The van der Waals surface area contributed by atoms with E-state index in [0.717, 1.165) is 10.5 Å². The molecule has 1 aliphatic rings. The number of nitrogens with two attached hydrogens (primary N) is 1. The first-order valence-electron chi connectivity index (χ1n) is 35.8. The van der Waals surface area contributed by atoms with Crippen molar-refractivity contribution >= 4 is 126 Å². The van der Waals surface area contributed by atoms with Gasteiger partial charge in [0.1, 0.15) is 78.5 Å². The van der Waals surface area contributed by atoms with Crippen LogP contribution in [0.15, 0.2) is 42.9 Å². The van der Waals surface area contributed by atoms with E-state index in [1.54, 1.807) is 71.9 Å². The highest BCUT2D eigenvalue weighted by Gasteiger charge is 2.42. The van der Waals surface area contributed by atoms with Crippen LogP contribution in [-0.2, 0) is 94.3 Å². The van der Waals surface area contributed by atoms with E-state index >= 15 is 0 Å². The average Bonchev–Trinajstić information content (AvgIpc) is 1.67. The van der Waals surface area contributed by atoms with Gasteiger partial charge in [-0.25, -0.2) is 9.78 Å². The lowest BCUT2D eigenvalue weighted by Gasteiger charge is -2.30. The molecule has 0 saturated carbocycles. The molecule has 0 unspecified atom stereocenters. The Morgan fingerprint density at radius 2 is 0.964 bits per heavy atom. The third-order valence-corrected chi connectivity index (χ3v) is 18.1. The Kier molecular flexibility index (Phi) is 41.6. The van der Waals surface area contributed by atoms with E-state index in [2.05, 4.69) is 110 Å². The number of thiol groups is 2. The van der Waals surface area contributed by atoms with Gasteiger partial charge in [0, 0.05) is 42.8 Å². The highest BCUT2D eigenvalue weighted by Crippen LogP contribution is 2.21. The standard InChI is InChI=1S/C68H106N18O23S2/c1-8-35(6)54(68(108)109)85-63(103)47(29-90)80-59(99)43(22-38-23-70-32-73-38)79-57(97)42(20-34(4)5)78-62(102)46(28-89)82-65(105)49(31-111)83-58(98)41(19-33(2)3)77-55(95)36(7)74-64(104)48(30-110)84-66(106)50-15-12-18-86(50)67(107)40(16-17-53(93)94)76-61(101)45(27-88)81-60(100)44(26-87)75-52(92)25-71-51(91)24-72-56(96)39(69)21-37-13-10-9-11-14-37/h9-11,13-14,23,32-36,39-50,54,87-90,110-111H,8,12,15-22,24-31,69H2,1-7H3,(H,70,73)(H,71,91)(H,72,96)(H,74,104)(H,75,92)(H,76,101)(H,77,95)(H,78,102)(H,79,97)(H,80,99)(H,81,100)(H,82,105)(H,83,98)(H,84,106)(H,85,103)(H,93,94)(H,108,109)/t35-,36-,39-,40-,41-,42-,43-,44-,45-,46-,47-,48-,49-,50-,54-/m0/s1. The second kappa shape index (κ2) is 48.5. The smallest absolute Gasteiger partial charge is 0.326 e. The molecule has 43 heteroatoms. The number of H-pyrrole nitrogens is 1. The monoisotopic (exact) mass is 1610 g/mol. The summed E-state index contributed by atoms with van der Waals surface area (Å²) >= 11 is 8.42. The summed E-state index contributed by atoms with van der Waals surface area (Å²) in [5.74, 6) is -19.7. The predicted octanol–water partition coefficient (Wildman–Crippen LogP) is -8.50. The van der Waals surface area contributed by atoms with Crippen LogP contribution in [0, 0.1) is 17.8 Å². The summed E-state index contributed by atoms with van der Waals surface area (Å²) in [6.45, 7) is 5.59. The Hall–Kier alpha value is -10.1. The zero-order valence-electron chi connectivity index (χ0n) is 62.6. The summed E-state index contributed by atoms with van der Waals surface area (Å²) < 4.78 is 0. The lowest BCUT2D eigenvalue weighted by Crippen LogP contribution is -2.62. The molecule has 15 atom stereocenters. The van der Waals surface area contributed by atoms with Crippen LogP contribution in [0.3, 0.4) is 0 Å². The normalized spacial score (nSPS) is 16.3. The number of aromatic amines is 1. The van der Waals surface area contributed by atoms with Crippen molar-refractivity contribution in [1.29, 1.82) is 0 Å². The van der Waals surface area contributed by atoms with Gasteiger partial charge in [0.05, 0.1) is 51.9 Å². The minimum Gasteiger partial charge on any atom is -0.481 e. The number of aliphatic hydroxyl groups excluding tert-OH is 4. The van der Waals surface area contributed by atoms with Crippen LogP contribution in [0.2, 0.25) is 0 Å². The van der Waals surface area contributed by atoms with Crippen molar-refractivity contribution < 1.29 is 112 Å². The number of benzene rings is 1. The van der Waals surface area contributed by atoms with Gasteiger partial charge in [-0.1, -0.05) is 78.3 Å². The number of carboxylic acids is 2. The molecule has 0 radical (unpaired) electrons. The van der Waals surface area contributed by atoms with Gasteiger partial charge in [0.15, 0.2) is 0 Å². The molecule has 2 aromatic rings. The van der Waals surface area contributed by atoms with Gasteiger partial charge in [-0.2, -0.15) is 25.3 Å². The molecule has 1 fully saturated rings. The fourth-order valence-corrected chi connectivity index (χ4v) is 11.5. The highest BCUT2D eigenvalue weighted by molar-refractivity contribution is 7.80. The van der Waals surface area contributed by atoms with E-state index in [1.807, 2.05) is 0 Å². The number of aromatic nitrogens is 2. The molecule has 41 nitrogen and oxygen atoms in total. The minimum atomic E-state index is -1.90. The topological polar surface area (TPSA) is 638 Å². The average molecular weight is 1610 g/mol. The number of carbonyl (C=O) groups is 17. The maximum atomic E-state index is 14.2. The van der Waals surface area contributed by atoms with Crippen molar-refractivity contribution in [2.45, 2.75) is 191 Å². The lowest BCUT2D eigenvalue weighted by atomic mass is 9.99. The zero-order valence-corrected chi connectivity index (χ0v) is 64.4. The van der Waals surface area contributed by atoms with Crippen LogP contribution in [0.1, 0.15) is 105 Å². The SMILES string of the molecule is CC[C@H](C)[C@H](NC(=O)[C@H](CO)NC(=O)[C@H](Cc1cnc[nH]1)NC(=O)[C@H](CC(C)C)NC(=O)[C@H](CO)NC(=O)[C@H](CS)NC(=O)[C@H](CC(C)C)NC(=O)[C@H](C)NC(=O)[C@H](CS)NC(=O)[C@@H]1CCCN1C(=O)[C@H](CCC(=O)O)NC(=O)[C@H](CO)NC(=O)[C@H](CO)NC(=O)CNC(=O)CNC(=O)[C@@H](N)Cc1ccccc1)C(=O)O. The van der Waals surface area contributed by atoms with E-state index < -0.39 is 255 Å². The van der Waals surface area contributed by atoms with Gasteiger partial charge < -0.3 is 121 Å². The number of imidazole rings is 1. The van der Waals surface area contributed by atoms with Gasteiger partial charge >= 0.3 is 11.9 Å². The first kappa shape index (κ1) is 95.1. The molecule has 23 N–H and O–H groups in total.